The molecule has 4 heteroatoms. The van der Waals surface area contributed by atoms with Crippen molar-refractivity contribution in [1.29, 1.82) is 0 Å². The summed E-state index contributed by atoms with van der Waals surface area (Å²) >= 11 is 0. The first-order chi connectivity index (χ1) is 8.84. The predicted molar refractivity (Wildman–Crippen MR) is 69.2 cm³/mol. The Morgan fingerprint density at radius 1 is 1.42 bits per heavy atom. The molecular weight excluding hydrogens is 244 g/mol. The van der Waals surface area contributed by atoms with Crippen molar-refractivity contribution in [2.75, 3.05) is 0 Å². The van der Waals surface area contributed by atoms with Gasteiger partial charge < -0.3 is 14.9 Å². The van der Waals surface area contributed by atoms with Crippen LogP contribution in [0.1, 0.15) is 33.1 Å². The highest BCUT2D eigenvalue weighted by molar-refractivity contribution is 5.91. The van der Waals surface area contributed by atoms with Crippen LogP contribution in [0.5, 0.6) is 0 Å². The molecule has 0 aromatic rings. The van der Waals surface area contributed by atoms with Crippen LogP contribution in [-0.2, 0) is 9.53 Å². The zero-order valence-electron chi connectivity index (χ0n) is 11.3. The van der Waals surface area contributed by atoms with Crippen molar-refractivity contribution in [1.82, 2.24) is 0 Å². The van der Waals surface area contributed by atoms with Crippen molar-refractivity contribution in [2.24, 2.45) is 11.3 Å². The summed E-state index contributed by atoms with van der Waals surface area (Å²) in [6.07, 6.45) is 0.286. The number of hydrogen-bond acceptors (Lipinski definition) is 4. The van der Waals surface area contributed by atoms with Gasteiger partial charge in [0.1, 0.15) is 6.10 Å². The predicted octanol–water partition coefficient (Wildman–Crippen LogP) is 1.33. The summed E-state index contributed by atoms with van der Waals surface area (Å²) in [4.78, 5) is 11.6. The van der Waals surface area contributed by atoms with Crippen LogP contribution in [0.4, 0.5) is 0 Å². The summed E-state index contributed by atoms with van der Waals surface area (Å²) in [5.74, 6) is -0.312. The number of aliphatic hydroxyl groups is 2. The lowest BCUT2D eigenvalue weighted by Gasteiger charge is -2.49. The first-order valence-corrected chi connectivity index (χ1v) is 6.80. The van der Waals surface area contributed by atoms with Gasteiger partial charge >= 0.3 is 5.97 Å². The van der Waals surface area contributed by atoms with Crippen LogP contribution in [0.25, 0.3) is 0 Å². The van der Waals surface area contributed by atoms with E-state index in [0.29, 0.717) is 24.8 Å². The molecule has 104 valence electrons. The topological polar surface area (TPSA) is 66.8 Å². The van der Waals surface area contributed by atoms with E-state index in [-0.39, 0.29) is 18.0 Å². The fourth-order valence-corrected chi connectivity index (χ4v) is 3.90. The fourth-order valence-electron chi connectivity index (χ4n) is 3.90. The molecule has 1 saturated heterocycles. The van der Waals surface area contributed by atoms with E-state index in [4.69, 9.17) is 4.74 Å². The molecule has 0 amide bonds. The number of rotatable bonds is 0. The second-order valence-corrected chi connectivity index (χ2v) is 6.33. The number of carbonyl (C=O) groups excluding carboxylic acids is 1. The number of aliphatic hydroxyl groups excluding tert-OH is 2. The summed E-state index contributed by atoms with van der Waals surface area (Å²) in [5, 5.41) is 20.4. The van der Waals surface area contributed by atoms with Gasteiger partial charge in [0.15, 0.2) is 0 Å². The van der Waals surface area contributed by atoms with Crippen LogP contribution in [0.3, 0.4) is 0 Å². The highest BCUT2D eigenvalue weighted by atomic mass is 16.6. The zero-order valence-corrected chi connectivity index (χ0v) is 11.3. The number of ether oxygens (including phenoxy) is 1. The van der Waals surface area contributed by atoms with Crippen molar-refractivity contribution < 1.29 is 19.7 Å². The van der Waals surface area contributed by atoms with Gasteiger partial charge in [0.05, 0.1) is 12.2 Å². The minimum absolute atomic E-state index is 0.00280. The summed E-state index contributed by atoms with van der Waals surface area (Å²) in [5.41, 5.74) is 2.16. The maximum absolute atomic E-state index is 11.6. The minimum atomic E-state index is -0.588. The van der Waals surface area contributed by atoms with E-state index in [1.54, 1.807) is 0 Å². The van der Waals surface area contributed by atoms with E-state index in [2.05, 4.69) is 6.58 Å². The highest BCUT2D eigenvalue weighted by Gasteiger charge is 2.54. The van der Waals surface area contributed by atoms with E-state index in [1.165, 1.54) is 0 Å². The first kappa shape index (κ1) is 12.9. The average molecular weight is 264 g/mol. The minimum Gasteiger partial charge on any atom is -0.458 e. The van der Waals surface area contributed by atoms with Crippen molar-refractivity contribution in [3.63, 3.8) is 0 Å². The molecule has 0 aromatic carbocycles. The zero-order chi connectivity index (χ0) is 13.9. The summed E-state index contributed by atoms with van der Waals surface area (Å²) in [6, 6.07) is 0. The summed E-state index contributed by atoms with van der Waals surface area (Å²) in [7, 11) is 0. The molecular formula is C15H20O4. The lowest BCUT2D eigenvalue weighted by atomic mass is 9.58. The Morgan fingerprint density at radius 2 is 2.11 bits per heavy atom. The maximum Gasteiger partial charge on any atom is 0.334 e. The van der Waals surface area contributed by atoms with Crippen LogP contribution < -0.4 is 0 Å². The Balaban J connectivity index is 2.03. The molecule has 1 saturated carbocycles. The van der Waals surface area contributed by atoms with Gasteiger partial charge in [-0.05, 0) is 25.3 Å². The van der Waals surface area contributed by atoms with Gasteiger partial charge in [-0.15, -0.1) is 0 Å². The van der Waals surface area contributed by atoms with Crippen LogP contribution >= 0.6 is 0 Å². The average Bonchev–Trinajstić information content (AvgIpc) is 2.61. The first-order valence-electron chi connectivity index (χ1n) is 6.80. The molecule has 1 aliphatic heterocycles. The Morgan fingerprint density at radius 3 is 2.79 bits per heavy atom. The van der Waals surface area contributed by atoms with Crippen molar-refractivity contribution in [3.05, 3.63) is 23.3 Å². The van der Waals surface area contributed by atoms with Gasteiger partial charge in [-0.25, -0.2) is 4.79 Å². The van der Waals surface area contributed by atoms with Crippen LogP contribution in [0, 0.1) is 11.3 Å². The second kappa shape index (κ2) is 3.93. The number of fused-ring (bicyclic) bond motifs is 2. The molecule has 2 fully saturated rings. The molecule has 0 unspecified atom stereocenters. The van der Waals surface area contributed by atoms with Crippen LogP contribution in [-0.4, -0.2) is 34.5 Å². The number of hydrogen-bond donors (Lipinski definition) is 2. The fraction of sp³-hybridized carbons (Fsp3) is 0.667. The lowest BCUT2D eigenvalue weighted by molar-refractivity contribution is -0.142. The lowest BCUT2D eigenvalue weighted by Crippen LogP contribution is -2.48. The smallest absolute Gasteiger partial charge is 0.334 e. The number of esters is 1. The molecule has 0 aromatic heterocycles. The highest BCUT2D eigenvalue weighted by Crippen LogP contribution is 2.54. The largest absolute Gasteiger partial charge is 0.458 e. The monoisotopic (exact) mass is 264 g/mol. The van der Waals surface area contributed by atoms with Crippen molar-refractivity contribution >= 4 is 5.97 Å². The van der Waals surface area contributed by atoms with E-state index in [0.717, 1.165) is 11.1 Å². The third kappa shape index (κ3) is 1.63. The quantitative estimate of drug-likeness (QED) is 0.393. The molecule has 3 rings (SSSR count). The molecule has 5 atom stereocenters. The van der Waals surface area contributed by atoms with Gasteiger partial charge in [0.2, 0.25) is 0 Å². The molecule has 19 heavy (non-hydrogen) atoms. The van der Waals surface area contributed by atoms with Gasteiger partial charge in [0, 0.05) is 23.3 Å². The molecule has 3 aliphatic rings. The third-order valence-electron chi connectivity index (χ3n) is 5.31. The second-order valence-electron chi connectivity index (χ2n) is 6.33. The molecule has 2 N–H and O–H groups in total. The Kier molecular flexibility index (Phi) is 2.67. The maximum atomic E-state index is 11.6. The Bertz CT molecular complexity index is 492. The van der Waals surface area contributed by atoms with Crippen molar-refractivity contribution in [3.8, 4) is 0 Å². The SMILES string of the molecule is C=C1C(=O)O[C@@H]2C[C@]3(C)C(=C(C)[C@@H](O)C[C@H]3O)C[C@H]12. The number of carbonyl (C=O) groups is 1. The van der Waals surface area contributed by atoms with Crippen LogP contribution in [0.2, 0.25) is 0 Å². The van der Waals surface area contributed by atoms with E-state index < -0.39 is 17.6 Å². The molecule has 4 nitrogen and oxygen atoms in total. The molecule has 1 heterocycles. The van der Waals surface area contributed by atoms with Gasteiger partial charge in [-0.3, -0.25) is 0 Å². The van der Waals surface area contributed by atoms with Crippen molar-refractivity contribution in [2.45, 2.75) is 51.4 Å². The van der Waals surface area contributed by atoms with Gasteiger partial charge in [0.25, 0.3) is 0 Å². The Labute approximate surface area is 112 Å². The molecule has 0 radical (unpaired) electrons. The third-order valence-corrected chi connectivity index (χ3v) is 5.31. The van der Waals surface area contributed by atoms with Gasteiger partial charge in [-0.2, -0.15) is 0 Å². The van der Waals surface area contributed by atoms with Crippen LogP contribution in [0.15, 0.2) is 23.3 Å². The summed E-state index contributed by atoms with van der Waals surface area (Å²) in [6.45, 7) is 7.75. The molecule has 2 aliphatic carbocycles. The van der Waals surface area contributed by atoms with E-state index in [9.17, 15) is 15.0 Å². The Hall–Kier alpha value is -1.13. The molecule has 0 spiro atoms. The standard InChI is InChI=1S/C15H20O4/c1-7-9-4-10-8(2)11(16)5-13(17)15(10,3)6-12(9)19-14(7)18/h9,11-13,16-17H,1,4-6H2,2-3H3/t9-,11+,12-,13-,15-/m1/s1. The normalized spacial score (nSPS) is 45.9. The van der Waals surface area contributed by atoms with E-state index >= 15 is 0 Å². The molecule has 0 bridgehead atoms. The van der Waals surface area contributed by atoms with E-state index in [1.807, 2.05) is 13.8 Å². The van der Waals surface area contributed by atoms with Gasteiger partial charge in [-0.1, -0.05) is 19.1 Å². The summed E-state index contributed by atoms with van der Waals surface area (Å²) < 4.78 is 5.37.